The molecule has 0 amide bonds. The molecule has 0 aliphatic carbocycles. The smallest absolute Gasteiger partial charge is 0.338 e. The SMILES string of the molecule is CCOC(=O)c1ccc(NC(=S)N(C)Cc2cn(CC)nc2C)cc1. The summed E-state index contributed by atoms with van der Waals surface area (Å²) in [4.78, 5) is 13.6. The van der Waals surface area contributed by atoms with Crippen LogP contribution in [0.3, 0.4) is 0 Å². The van der Waals surface area contributed by atoms with Crippen molar-refractivity contribution in [3.8, 4) is 0 Å². The molecule has 0 atom stereocenters. The molecule has 0 aliphatic heterocycles. The van der Waals surface area contributed by atoms with Crippen molar-refractivity contribution >= 4 is 29.0 Å². The second-order valence-corrected chi connectivity index (χ2v) is 6.07. The Bertz CT molecular complexity index is 740. The quantitative estimate of drug-likeness (QED) is 0.630. The summed E-state index contributed by atoms with van der Waals surface area (Å²) in [5, 5.41) is 8.23. The molecule has 1 N–H and O–H groups in total. The Hall–Kier alpha value is -2.41. The number of nitrogens with zero attached hydrogens (tertiary/aromatic N) is 3. The van der Waals surface area contributed by atoms with E-state index in [2.05, 4.69) is 17.3 Å². The van der Waals surface area contributed by atoms with E-state index in [0.717, 1.165) is 23.5 Å². The molecule has 2 aromatic rings. The molecule has 0 radical (unpaired) electrons. The van der Waals surface area contributed by atoms with Gasteiger partial charge in [0.1, 0.15) is 0 Å². The third kappa shape index (κ3) is 5.03. The maximum atomic E-state index is 11.7. The minimum Gasteiger partial charge on any atom is -0.462 e. The van der Waals surface area contributed by atoms with Crippen LogP contribution in [0.5, 0.6) is 0 Å². The Kier molecular flexibility index (Phi) is 6.52. The standard InChI is InChI=1S/C18H24N4O2S/c1-5-22-12-15(13(3)20-22)11-21(4)18(25)19-16-9-7-14(8-10-16)17(23)24-6-2/h7-10,12H,5-6,11H2,1-4H3,(H,19,25). The predicted octanol–water partition coefficient (Wildman–Crippen LogP) is 3.22. The van der Waals surface area contributed by atoms with Crippen LogP contribution in [-0.4, -0.2) is 39.4 Å². The molecule has 25 heavy (non-hydrogen) atoms. The first-order chi connectivity index (χ1) is 11.9. The molecule has 0 saturated carbocycles. The van der Waals surface area contributed by atoms with E-state index in [1.807, 2.05) is 41.9 Å². The van der Waals surface area contributed by atoms with E-state index in [-0.39, 0.29) is 5.97 Å². The molecule has 0 fully saturated rings. The third-order valence-electron chi connectivity index (χ3n) is 3.77. The number of thiocarbonyl (C=S) groups is 1. The van der Waals surface area contributed by atoms with Crippen molar-refractivity contribution in [2.24, 2.45) is 0 Å². The van der Waals surface area contributed by atoms with Gasteiger partial charge in [0.2, 0.25) is 0 Å². The average Bonchev–Trinajstić information content (AvgIpc) is 2.95. The van der Waals surface area contributed by atoms with E-state index in [4.69, 9.17) is 17.0 Å². The number of aryl methyl sites for hydroxylation is 2. The van der Waals surface area contributed by atoms with Crippen LogP contribution in [0.25, 0.3) is 0 Å². The van der Waals surface area contributed by atoms with Gasteiger partial charge in [-0.15, -0.1) is 0 Å². The normalized spacial score (nSPS) is 10.4. The number of anilines is 1. The minimum absolute atomic E-state index is 0.322. The highest BCUT2D eigenvalue weighted by Crippen LogP contribution is 2.13. The number of ether oxygens (including phenoxy) is 1. The summed E-state index contributed by atoms with van der Waals surface area (Å²) >= 11 is 5.46. The molecule has 0 saturated heterocycles. The Morgan fingerprint density at radius 1 is 1.32 bits per heavy atom. The van der Waals surface area contributed by atoms with Crippen LogP contribution < -0.4 is 5.32 Å². The first-order valence-corrected chi connectivity index (χ1v) is 8.67. The zero-order valence-corrected chi connectivity index (χ0v) is 15.9. The molecule has 2 rings (SSSR count). The zero-order valence-electron chi connectivity index (χ0n) is 15.1. The lowest BCUT2D eigenvalue weighted by Crippen LogP contribution is -2.30. The van der Waals surface area contributed by atoms with E-state index < -0.39 is 0 Å². The summed E-state index contributed by atoms with van der Waals surface area (Å²) < 4.78 is 6.89. The zero-order chi connectivity index (χ0) is 18.4. The van der Waals surface area contributed by atoms with Crippen LogP contribution in [0.1, 0.15) is 35.5 Å². The van der Waals surface area contributed by atoms with Gasteiger partial charge in [-0.2, -0.15) is 5.10 Å². The largest absolute Gasteiger partial charge is 0.462 e. The number of aromatic nitrogens is 2. The van der Waals surface area contributed by atoms with E-state index in [9.17, 15) is 4.79 Å². The van der Waals surface area contributed by atoms with Gasteiger partial charge in [-0.1, -0.05) is 0 Å². The average molecular weight is 360 g/mol. The molecule has 7 heteroatoms. The van der Waals surface area contributed by atoms with Crippen LogP contribution in [0.2, 0.25) is 0 Å². The molecule has 1 aromatic carbocycles. The van der Waals surface area contributed by atoms with Crippen molar-refractivity contribution in [1.82, 2.24) is 14.7 Å². The molecule has 0 unspecified atom stereocenters. The fourth-order valence-electron chi connectivity index (χ4n) is 2.33. The molecular weight excluding hydrogens is 336 g/mol. The van der Waals surface area contributed by atoms with Gasteiger partial charge in [-0.25, -0.2) is 4.79 Å². The van der Waals surface area contributed by atoms with Crippen LogP contribution in [0, 0.1) is 6.92 Å². The van der Waals surface area contributed by atoms with Gasteiger partial charge in [-0.3, -0.25) is 4.68 Å². The molecule has 0 bridgehead atoms. The summed E-state index contributed by atoms with van der Waals surface area (Å²) in [5.41, 5.74) is 3.50. The lowest BCUT2D eigenvalue weighted by atomic mass is 10.2. The second kappa shape index (κ2) is 8.62. The van der Waals surface area contributed by atoms with Crippen molar-refractivity contribution < 1.29 is 9.53 Å². The maximum Gasteiger partial charge on any atom is 0.338 e. The molecule has 0 spiro atoms. The van der Waals surface area contributed by atoms with Crippen molar-refractivity contribution in [1.29, 1.82) is 0 Å². The van der Waals surface area contributed by atoms with E-state index >= 15 is 0 Å². The Morgan fingerprint density at radius 2 is 2.00 bits per heavy atom. The van der Waals surface area contributed by atoms with Crippen molar-refractivity contribution in [2.45, 2.75) is 33.9 Å². The highest BCUT2D eigenvalue weighted by Gasteiger charge is 2.11. The van der Waals surface area contributed by atoms with E-state index in [1.165, 1.54) is 0 Å². The van der Waals surface area contributed by atoms with Gasteiger partial charge in [0.05, 0.1) is 17.9 Å². The first-order valence-electron chi connectivity index (χ1n) is 8.26. The fraction of sp³-hybridized carbons (Fsp3) is 0.389. The Labute approximate surface area is 153 Å². The third-order valence-corrected chi connectivity index (χ3v) is 4.19. The highest BCUT2D eigenvalue weighted by molar-refractivity contribution is 7.80. The molecule has 1 heterocycles. The number of rotatable bonds is 6. The fourth-order valence-corrected chi connectivity index (χ4v) is 2.51. The molecule has 0 aliphatic rings. The van der Waals surface area contributed by atoms with Gasteiger partial charge in [-0.05, 0) is 57.3 Å². The summed E-state index contributed by atoms with van der Waals surface area (Å²) in [6, 6.07) is 7.07. The number of hydrogen-bond donors (Lipinski definition) is 1. The lowest BCUT2D eigenvalue weighted by Gasteiger charge is -2.21. The molecule has 6 nitrogen and oxygen atoms in total. The number of carbonyl (C=O) groups is 1. The molecule has 134 valence electrons. The monoisotopic (exact) mass is 360 g/mol. The van der Waals surface area contributed by atoms with Crippen LogP contribution >= 0.6 is 12.2 Å². The Morgan fingerprint density at radius 3 is 2.56 bits per heavy atom. The van der Waals surface area contributed by atoms with Crippen molar-refractivity contribution in [2.75, 3.05) is 19.0 Å². The maximum absolute atomic E-state index is 11.7. The highest BCUT2D eigenvalue weighted by atomic mass is 32.1. The number of nitrogens with one attached hydrogen (secondary N) is 1. The lowest BCUT2D eigenvalue weighted by molar-refractivity contribution is 0.0526. The number of esters is 1. The Balaban J connectivity index is 1.96. The van der Waals surface area contributed by atoms with Gasteiger partial charge >= 0.3 is 5.97 Å². The van der Waals surface area contributed by atoms with E-state index in [1.54, 1.807) is 19.1 Å². The second-order valence-electron chi connectivity index (χ2n) is 5.68. The predicted molar refractivity (Wildman–Crippen MR) is 103 cm³/mol. The van der Waals surface area contributed by atoms with Crippen LogP contribution in [0.4, 0.5) is 5.69 Å². The van der Waals surface area contributed by atoms with Crippen LogP contribution in [-0.2, 0) is 17.8 Å². The topological polar surface area (TPSA) is 59.4 Å². The van der Waals surface area contributed by atoms with Crippen molar-refractivity contribution in [3.63, 3.8) is 0 Å². The summed E-state index contributed by atoms with van der Waals surface area (Å²) in [7, 11) is 1.94. The van der Waals surface area contributed by atoms with Crippen molar-refractivity contribution in [3.05, 3.63) is 47.3 Å². The minimum atomic E-state index is -0.322. The summed E-state index contributed by atoms with van der Waals surface area (Å²) in [6.07, 6.45) is 2.04. The number of hydrogen-bond acceptors (Lipinski definition) is 4. The van der Waals surface area contributed by atoms with Gasteiger partial charge in [0.25, 0.3) is 0 Å². The first kappa shape index (κ1) is 18.9. The van der Waals surface area contributed by atoms with Crippen LogP contribution in [0.15, 0.2) is 30.5 Å². The molecule has 1 aromatic heterocycles. The number of benzene rings is 1. The van der Waals surface area contributed by atoms with Gasteiger partial charge < -0.3 is 15.0 Å². The van der Waals surface area contributed by atoms with E-state index in [0.29, 0.717) is 23.8 Å². The summed E-state index contributed by atoms with van der Waals surface area (Å²) in [5.74, 6) is -0.322. The summed E-state index contributed by atoms with van der Waals surface area (Å²) in [6.45, 7) is 7.74. The molecular formula is C18H24N4O2S. The van der Waals surface area contributed by atoms with Gasteiger partial charge in [0, 0.05) is 37.6 Å². The van der Waals surface area contributed by atoms with Gasteiger partial charge in [0.15, 0.2) is 5.11 Å². The number of carbonyl (C=O) groups excluding carboxylic acids is 1.